The molecule has 0 radical (unpaired) electrons. The predicted molar refractivity (Wildman–Crippen MR) is 88.9 cm³/mol. The van der Waals surface area contributed by atoms with Crippen molar-refractivity contribution in [2.24, 2.45) is 0 Å². The Morgan fingerprint density at radius 2 is 1.95 bits per heavy atom. The van der Waals surface area contributed by atoms with Crippen LogP contribution in [0.15, 0.2) is 46.2 Å². The fourth-order valence-electron chi connectivity index (χ4n) is 1.99. The first-order chi connectivity index (χ1) is 9.61. The largest absolute Gasteiger partial charge is 0.313 e. The molecule has 0 saturated carbocycles. The van der Waals surface area contributed by atoms with Gasteiger partial charge < -0.3 is 5.32 Å². The number of nitrogens with one attached hydrogen (secondary N) is 1. The summed E-state index contributed by atoms with van der Waals surface area (Å²) in [5.41, 5.74) is 3.82. The first-order valence-electron chi connectivity index (χ1n) is 6.85. The summed E-state index contributed by atoms with van der Waals surface area (Å²) in [6.07, 6.45) is 0. The Morgan fingerprint density at radius 3 is 2.70 bits per heavy atom. The summed E-state index contributed by atoms with van der Waals surface area (Å²) in [6, 6.07) is 12.7. The monoisotopic (exact) mass is 305 g/mol. The van der Waals surface area contributed by atoms with Gasteiger partial charge in [0.05, 0.1) is 5.02 Å². The van der Waals surface area contributed by atoms with Gasteiger partial charge in [-0.2, -0.15) is 0 Å². The summed E-state index contributed by atoms with van der Waals surface area (Å²) in [5.74, 6) is 0. The maximum absolute atomic E-state index is 6.40. The second kappa shape index (κ2) is 7.16. The Labute approximate surface area is 130 Å². The number of aryl methyl sites for hydroxylation is 2. The van der Waals surface area contributed by atoms with Crippen molar-refractivity contribution in [3.8, 4) is 0 Å². The standard InChI is InChI=1S/C17H20ClNS/c1-4-19-11-14-6-5-7-15(18)17(14)20-16-10-12(2)8-9-13(16)3/h5-10,19H,4,11H2,1-3H3. The molecule has 0 atom stereocenters. The maximum Gasteiger partial charge on any atom is 0.0548 e. The van der Waals surface area contributed by atoms with Crippen molar-refractivity contribution in [3.05, 3.63) is 58.1 Å². The van der Waals surface area contributed by atoms with E-state index in [1.807, 2.05) is 12.1 Å². The normalized spacial score (nSPS) is 10.8. The highest BCUT2D eigenvalue weighted by Gasteiger charge is 2.10. The summed E-state index contributed by atoms with van der Waals surface area (Å²) in [6.45, 7) is 8.19. The van der Waals surface area contributed by atoms with E-state index < -0.39 is 0 Å². The second-order valence-corrected chi connectivity index (χ2v) is 6.34. The zero-order valence-corrected chi connectivity index (χ0v) is 13.7. The van der Waals surface area contributed by atoms with Crippen molar-refractivity contribution >= 4 is 23.4 Å². The SMILES string of the molecule is CCNCc1cccc(Cl)c1Sc1cc(C)ccc1C. The molecular formula is C17H20ClNS. The molecule has 0 saturated heterocycles. The van der Waals surface area contributed by atoms with Crippen LogP contribution in [0, 0.1) is 13.8 Å². The van der Waals surface area contributed by atoms with Crippen LogP contribution in [-0.4, -0.2) is 6.54 Å². The molecule has 0 amide bonds. The third-order valence-corrected chi connectivity index (χ3v) is 4.94. The number of hydrogen-bond acceptors (Lipinski definition) is 2. The molecule has 1 N–H and O–H groups in total. The van der Waals surface area contributed by atoms with Crippen LogP contribution in [0.25, 0.3) is 0 Å². The molecule has 2 rings (SSSR count). The number of hydrogen-bond donors (Lipinski definition) is 1. The van der Waals surface area contributed by atoms with E-state index in [9.17, 15) is 0 Å². The number of rotatable bonds is 5. The quantitative estimate of drug-likeness (QED) is 0.813. The Kier molecular flexibility index (Phi) is 5.53. The topological polar surface area (TPSA) is 12.0 Å². The van der Waals surface area contributed by atoms with Crippen LogP contribution in [0.3, 0.4) is 0 Å². The molecule has 0 aliphatic rings. The average Bonchev–Trinajstić information content (AvgIpc) is 2.43. The smallest absolute Gasteiger partial charge is 0.0548 e. The van der Waals surface area contributed by atoms with E-state index in [2.05, 4.69) is 50.4 Å². The van der Waals surface area contributed by atoms with E-state index in [1.165, 1.54) is 21.6 Å². The van der Waals surface area contributed by atoms with E-state index >= 15 is 0 Å². The Hall–Kier alpha value is -0.960. The van der Waals surface area contributed by atoms with E-state index in [0.29, 0.717) is 0 Å². The lowest BCUT2D eigenvalue weighted by molar-refractivity contribution is 0.718. The maximum atomic E-state index is 6.40. The Balaban J connectivity index is 2.34. The lowest BCUT2D eigenvalue weighted by Gasteiger charge is -2.13. The molecule has 20 heavy (non-hydrogen) atoms. The summed E-state index contributed by atoms with van der Waals surface area (Å²) in [4.78, 5) is 2.43. The van der Waals surface area contributed by atoms with Gasteiger partial charge in [0.25, 0.3) is 0 Å². The van der Waals surface area contributed by atoms with Crippen molar-refractivity contribution in [3.63, 3.8) is 0 Å². The minimum atomic E-state index is 0.825. The lowest BCUT2D eigenvalue weighted by Crippen LogP contribution is -2.12. The van der Waals surface area contributed by atoms with Gasteiger partial charge in [-0.15, -0.1) is 0 Å². The Morgan fingerprint density at radius 1 is 1.15 bits per heavy atom. The number of benzene rings is 2. The van der Waals surface area contributed by atoms with Crippen LogP contribution in [0.5, 0.6) is 0 Å². The third-order valence-electron chi connectivity index (χ3n) is 3.17. The highest BCUT2D eigenvalue weighted by Crippen LogP contribution is 2.37. The van der Waals surface area contributed by atoms with Crippen molar-refractivity contribution in [1.82, 2.24) is 5.32 Å². The highest BCUT2D eigenvalue weighted by atomic mass is 35.5. The van der Waals surface area contributed by atoms with Gasteiger partial charge in [0.15, 0.2) is 0 Å². The van der Waals surface area contributed by atoms with Crippen LogP contribution in [0.2, 0.25) is 5.02 Å². The van der Waals surface area contributed by atoms with Crippen LogP contribution in [-0.2, 0) is 6.54 Å². The molecule has 106 valence electrons. The van der Waals surface area contributed by atoms with Gasteiger partial charge in [-0.3, -0.25) is 0 Å². The Bertz CT molecular complexity index is 596. The minimum absolute atomic E-state index is 0.825. The fourth-order valence-corrected chi connectivity index (χ4v) is 3.43. The van der Waals surface area contributed by atoms with Gasteiger partial charge in [-0.05, 0) is 49.2 Å². The van der Waals surface area contributed by atoms with Crippen LogP contribution < -0.4 is 5.32 Å². The van der Waals surface area contributed by atoms with Crippen molar-refractivity contribution in [2.75, 3.05) is 6.54 Å². The van der Waals surface area contributed by atoms with Gasteiger partial charge in [-0.1, -0.05) is 54.6 Å². The highest BCUT2D eigenvalue weighted by molar-refractivity contribution is 7.99. The first kappa shape index (κ1) is 15.4. The van der Waals surface area contributed by atoms with Crippen LogP contribution >= 0.6 is 23.4 Å². The molecule has 2 aromatic rings. The van der Waals surface area contributed by atoms with Crippen molar-refractivity contribution in [2.45, 2.75) is 37.1 Å². The zero-order valence-electron chi connectivity index (χ0n) is 12.2. The van der Waals surface area contributed by atoms with Gasteiger partial charge in [0.2, 0.25) is 0 Å². The van der Waals surface area contributed by atoms with Crippen LogP contribution in [0.1, 0.15) is 23.6 Å². The molecule has 0 bridgehead atoms. The van der Waals surface area contributed by atoms with E-state index in [4.69, 9.17) is 11.6 Å². The summed E-state index contributed by atoms with van der Waals surface area (Å²) >= 11 is 8.16. The molecule has 0 spiro atoms. The summed E-state index contributed by atoms with van der Waals surface area (Å²) in [7, 11) is 0. The molecule has 0 aromatic heterocycles. The van der Waals surface area contributed by atoms with E-state index in [0.717, 1.165) is 23.0 Å². The van der Waals surface area contributed by atoms with Crippen LogP contribution in [0.4, 0.5) is 0 Å². The molecule has 0 aliphatic carbocycles. The van der Waals surface area contributed by atoms with E-state index in [1.54, 1.807) is 11.8 Å². The van der Waals surface area contributed by atoms with Gasteiger partial charge >= 0.3 is 0 Å². The molecule has 0 fully saturated rings. The average molecular weight is 306 g/mol. The molecule has 0 aliphatic heterocycles. The fraction of sp³-hybridized carbons (Fsp3) is 0.294. The second-order valence-electron chi connectivity index (χ2n) is 4.88. The molecule has 2 aromatic carbocycles. The summed E-state index contributed by atoms with van der Waals surface area (Å²) < 4.78 is 0. The van der Waals surface area contributed by atoms with Gasteiger partial charge in [-0.25, -0.2) is 0 Å². The van der Waals surface area contributed by atoms with Crippen molar-refractivity contribution in [1.29, 1.82) is 0 Å². The number of halogens is 1. The minimum Gasteiger partial charge on any atom is -0.313 e. The molecule has 3 heteroatoms. The lowest BCUT2D eigenvalue weighted by atomic mass is 10.2. The van der Waals surface area contributed by atoms with Gasteiger partial charge in [0.1, 0.15) is 0 Å². The molecule has 0 unspecified atom stereocenters. The predicted octanol–water partition coefficient (Wildman–Crippen LogP) is 5.22. The summed E-state index contributed by atoms with van der Waals surface area (Å²) in [5, 5.41) is 4.20. The molecular weight excluding hydrogens is 286 g/mol. The third kappa shape index (κ3) is 3.78. The van der Waals surface area contributed by atoms with E-state index in [-0.39, 0.29) is 0 Å². The molecule has 1 nitrogen and oxygen atoms in total. The molecule has 0 heterocycles. The first-order valence-corrected chi connectivity index (χ1v) is 8.04. The van der Waals surface area contributed by atoms with Crippen molar-refractivity contribution < 1.29 is 0 Å². The van der Waals surface area contributed by atoms with Gasteiger partial charge in [0, 0.05) is 16.3 Å². The zero-order chi connectivity index (χ0) is 14.5.